The van der Waals surface area contributed by atoms with Crippen molar-refractivity contribution in [3.63, 3.8) is 0 Å². The topological polar surface area (TPSA) is 74.7 Å². The smallest absolute Gasteiger partial charge is 0.137 e. The average Bonchev–Trinajstić information content (AvgIpc) is 3.17. The Bertz CT molecular complexity index is 776. The highest BCUT2D eigenvalue weighted by atomic mass is 16.3. The van der Waals surface area contributed by atoms with E-state index in [2.05, 4.69) is 19.9 Å². The van der Waals surface area contributed by atoms with Crippen molar-refractivity contribution in [3.8, 4) is 11.3 Å². The fourth-order valence-corrected chi connectivity index (χ4v) is 2.47. The monoisotopic (exact) mass is 266 g/mol. The molecule has 1 aliphatic carbocycles. The predicted octanol–water partition coefficient (Wildman–Crippen LogP) is 2.04. The van der Waals surface area contributed by atoms with Gasteiger partial charge in [-0.1, -0.05) is 6.07 Å². The molecule has 2 heterocycles. The molecular formula is C15H14N4O. The molecule has 2 N–H and O–H groups in total. The van der Waals surface area contributed by atoms with E-state index in [1.165, 1.54) is 0 Å². The molecule has 0 amide bonds. The van der Waals surface area contributed by atoms with E-state index in [1.54, 1.807) is 12.5 Å². The van der Waals surface area contributed by atoms with Crippen LogP contribution in [0.2, 0.25) is 0 Å². The Labute approximate surface area is 115 Å². The van der Waals surface area contributed by atoms with Gasteiger partial charge >= 0.3 is 0 Å². The second-order valence-corrected chi connectivity index (χ2v) is 5.34. The molecule has 0 unspecified atom stereocenters. The quantitative estimate of drug-likeness (QED) is 0.760. The van der Waals surface area contributed by atoms with Crippen molar-refractivity contribution < 1.29 is 5.11 Å². The van der Waals surface area contributed by atoms with Crippen molar-refractivity contribution in [1.29, 1.82) is 0 Å². The van der Waals surface area contributed by atoms with Gasteiger partial charge in [0, 0.05) is 11.8 Å². The number of hydrogen-bond donors (Lipinski definition) is 2. The normalized spacial score (nSPS) is 16.4. The van der Waals surface area contributed by atoms with Crippen molar-refractivity contribution in [1.82, 2.24) is 19.9 Å². The summed E-state index contributed by atoms with van der Waals surface area (Å²) < 4.78 is 0. The molecule has 100 valence electrons. The lowest BCUT2D eigenvalue weighted by molar-refractivity contribution is 0.250. The zero-order valence-electron chi connectivity index (χ0n) is 10.9. The van der Waals surface area contributed by atoms with Crippen LogP contribution in [0.5, 0.6) is 0 Å². The maximum Gasteiger partial charge on any atom is 0.137 e. The van der Waals surface area contributed by atoms with Gasteiger partial charge in [-0.15, -0.1) is 0 Å². The summed E-state index contributed by atoms with van der Waals surface area (Å²) in [5.74, 6) is 0.752. The van der Waals surface area contributed by atoms with Gasteiger partial charge in [0.2, 0.25) is 0 Å². The third kappa shape index (κ3) is 1.71. The van der Waals surface area contributed by atoms with Crippen LogP contribution in [0.4, 0.5) is 0 Å². The number of aromatic amines is 1. The van der Waals surface area contributed by atoms with E-state index >= 15 is 0 Å². The molecule has 5 heteroatoms. The van der Waals surface area contributed by atoms with Crippen molar-refractivity contribution in [2.75, 3.05) is 6.61 Å². The summed E-state index contributed by atoms with van der Waals surface area (Å²) in [6.45, 7) is 0.121. The Morgan fingerprint density at radius 2 is 2.10 bits per heavy atom. The summed E-state index contributed by atoms with van der Waals surface area (Å²) in [4.78, 5) is 16.3. The maximum atomic E-state index is 9.49. The third-order valence-electron chi connectivity index (χ3n) is 4.00. The fraction of sp³-hybridized carbons (Fsp3) is 0.267. The number of H-pyrrole nitrogens is 1. The maximum absolute atomic E-state index is 9.49. The lowest BCUT2D eigenvalue weighted by atomic mass is 10.1. The number of nitrogens with one attached hydrogen (secondary N) is 1. The lowest BCUT2D eigenvalue weighted by Gasteiger charge is -2.11. The van der Waals surface area contributed by atoms with E-state index in [0.717, 1.165) is 41.0 Å². The minimum Gasteiger partial charge on any atom is -0.395 e. The van der Waals surface area contributed by atoms with Gasteiger partial charge in [-0.3, -0.25) is 0 Å². The molecule has 0 atom stereocenters. The van der Waals surface area contributed by atoms with E-state index in [0.29, 0.717) is 0 Å². The van der Waals surface area contributed by atoms with E-state index in [-0.39, 0.29) is 12.0 Å². The number of imidazole rings is 1. The highest BCUT2D eigenvalue weighted by Gasteiger charge is 2.46. The van der Waals surface area contributed by atoms with Crippen molar-refractivity contribution in [2.24, 2.45) is 0 Å². The summed E-state index contributed by atoms with van der Waals surface area (Å²) in [6, 6.07) is 7.91. The number of nitrogens with zero attached hydrogens (tertiary/aromatic N) is 3. The first kappa shape index (κ1) is 11.5. The summed E-state index contributed by atoms with van der Waals surface area (Å²) in [5.41, 5.74) is 3.64. The number of benzene rings is 1. The van der Waals surface area contributed by atoms with Crippen LogP contribution in [0.1, 0.15) is 18.7 Å². The average molecular weight is 266 g/mol. The standard InChI is InChI=1S/C15H14N4O/c20-8-15(4-5-15)14-16-6-3-11(19-14)10-1-2-12-13(7-10)18-9-17-12/h1-3,6-7,9,20H,4-5,8H2,(H,17,18). The Morgan fingerprint density at radius 1 is 1.20 bits per heavy atom. The summed E-state index contributed by atoms with van der Waals surface area (Å²) in [5, 5.41) is 9.49. The molecule has 1 saturated carbocycles. The van der Waals surface area contributed by atoms with E-state index in [9.17, 15) is 5.11 Å². The highest BCUT2D eigenvalue weighted by Crippen LogP contribution is 2.46. The molecule has 2 aromatic heterocycles. The minimum atomic E-state index is -0.200. The number of fused-ring (bicyclic) bond motifs is 1. The summed E-state index contributed by atoms with van der Waals surface area (Å²) in [7, 11) is 0. The molecule has 0 aliphatic heterocycles. The first-order valence-corrected chi connectivity index (χ1v) is 6.69. The van der Waals surface area contributed by atoms with Gasteiger partial charge in [0.25, 0.3) is 0 Å². The van der Waals surface area contributed by atoms with Crippen molar-refractivity contribution in [3.05, 3.63) is 42.6 Å². The lowest BCUT2D eigenvalue weighted by Crippen LogP contribution is -2.16. The van der Waals surface area contributed by atoms with Crippen LogP contribution in [0, 0.1) is 0 Å². The van der Waals surface area contributed by atoms with Gasteiger partial charge in [0.15, 0.2) is 0 Å². The molecule has 4 rings (SSSR count). The molecule has 1 aromatic carbocycles. The number of aliphatic hydroxyl groups excluding tert-OH is 1. The Balaban J connectivity index is 1.79. The summed E-state index contributed by atoms with van der Waals surface area (Å²) in [6.07, 6.45) is 5.38. The van der Waals surface area contributed by atoms with E-state index in [4.69, 9.17) is 0 Å². The number of rotatable bonds is 3. The van der Waals surface area contributed by atoms with Crippen LogP contribution in [0.25, 0.3) is 22.3 Å². The Hall–Kier alpha value is -2.27. The summed E-state index contributed by atoms with van der Waals surface area (Å²) >= 11 is 0. The predicted molar refractivity (Wildman–Crippen MR) is 75.1 cm³/mol. The molecule has 1 fully saturated rings. The third-order valence-corrected chi connectivity index (χ3v) is 4.00. The van der Waals surface area contributed by atoms with Crippen LogP contribution in [-0.4, -0.2) is 31.6 Å². The van der Waals surface area contributed by atoms with Gasteiger partial charge in [-0.05, 0) is 31.0 Å². The minimum absolute atomic E-state index is 0.121. The second kappa shape index (κ2) is 4.11. The molecule has 0 saturated heterocycles. The number of aliphatic hydroxyl groups is 1. The molecule has 5 nitrogen and oxygen atoms in total. The van der Waals surface area contributed by atoms with Crippen molar-refractivity contribution in [2.45, 2.75) is 18.3 Å². The molecule has 1 aliphatic rings. The van der Waals surface area contributed by atoms with E-state index < -0.39 is 0 Å². The van der Waals surface area contributed by atoms with Gasteiger partial charge in [0.1, 0.15) is 5.82 Å². The van der Waals surface area contributed by atoms with Gasteiger partial charge in [-0.2, -0.15) is 0 Å². The SMILES string of the molecule is OCC1(c2nccc(-c3ccc4nc[nH]c4c3)n2)CC1. The van der Waals surface area contributed by atoms with Crippen LogP contribution >= 0.6 is 0 Å². The van der Waals surface area contributed by atoms with Crippen LogP contribution in [0.3, 0.4) is 0 Å². The molecule has 0 radical (unpaired) electrons. The molecule has 3 aromatic rings. The zero-order chi connectivity index (χ0) is 13.6. The number of aromatic nitrogens is 4. The van der Waals surface area contributed by atoms with Crippen molar-refractivity contribution >= 4 is 11.0 Å². The van der Waals surface area contributed by atoms with Gasteiger partial charge < -0.3 is 10.1 Å². The molecular weight excluding hydrogens is 252 g/mol. The highest BCUT2D eigenvalue weighted by molar-refractivity contribution is 5.80. The molecule has 20 heavy (non-hydrogen) atoms. The first-order chi connectivity index (χ1) is 9.81. The zero-order valence-corrected chi connectivity index (χ0v) is 10.9. The van der Waals surface area contributed by atoms with E-state index in [1.807, 2.05) is 24.3 Å². The second-order valence-electron chi connectivity index (χ2n) is 5.34. The van der Waals surface area contributed by atoms with Crippen LogP contribution < -0.4 is 0 Å². The Kier molecular flexibility index (Phi) is 2.37. The largest absolute Gasteiger partial charge is 0.395 e. The first-order valence-electron chi connectivity index (χ1n) is 6.69. The van der Waals surface area contributed by atoms with Crippen LogP contribution in [0.15, 0.2) is 36.8 Å². The Morgan fingerprint density at radius 3 is 2.90 bits per heavy atom. The van der Waals surface area contributed by atoms with Crippen LogP contribution in [-0.2, 0) is 5.41 Å². The fourth-order valence-electron chi connectivity index (χ4n) is 2.47. The van der Waals surface area contributed by atoms with Gasteiger partial charge in [0.05, 0.1) is 35.1 Å². The van der Waals surface area contributed by atoms with Gasteiger partial charge in [-0.25, -0.2) is 15.0 Å². The molecule has 0 bridgehead atoms. The molecule has 0 spiro atoms. The number of hydrogen-bond acceptors (Lipinski definition) is 4.